The van der Waals surface area contributed by atoms with Gasteiger partial charge in [-0.05, 0) is 6.07 Å². The van der Waals surface area contributed by atoms with Crippen LogP contribution in [-0.4, -0.2) is 35.5 Å². The van der Waals surface area contributed by atoms with Gasteiger partial charge >= 0.3 is 0 Å². The molecule has 14 heavy (non-hydrogen) atoms. The minimum Gasteiger partial charge on any atom is -0.369 e. The largest absolute Gasteiger partial charge is 0.369 e. The Balaban J connectivity index is 2.46. The summed E-state index contributed by atoms with van der Waals surface area (Å²) in [6, 6.07) is 5.94. The second kappa shape index (κ2) is 3.49. The number of rotatable bonds is 2. The lowest BCUT2D eigenvalue weighted by molar-refractivity contribution is 0.643. The Hall–Kier alpha value is -1.84. The minimum atomic E-state index is 0.911. The average molecular weight is 188 g/mol. The van der Waals surface area contributed by atoms with Gasteiger partial charge in [-0.1, -0.05) is 12.1 Å². The molecule has 1 aromatic carbocycles. The van der Waals surface area contributed by atoms with Crippen LogP contribution in [0, 0.1) is 0 Å². The van der Waals surface area contributed by atoms with Crippen molar-refractivity contribution in [3.63, 3.8) is 0 Å². The molecule has 1 N–H and O–H groups in total. The van der Waals surface area contributed by atoms with Crippen LogP contribution < -0.4 is 0 Å². The summed E-state index contributed by atoms with van der Waals surface area (Å²) in [7, 11) is 3.88. The van der Waals surface area contributed by atoms with Crippen molar-refractivity contribution in [2.45, 2.75) is 0 Å². The first kappa shape index (κ1) is 8.74. The molecule has 0 radical (unpaired) electrons. The summed E-state index contributed by atoms with van der Waals surface area (Å²) in [6.45, 7) is 0. The molecule has 0 aliphatic heterocycles. The minimum absolute atomic E-state index is 0.911. The van der Waals surface area contributed by atoms with Gasteiger partial charge in [0.1, 0.15) is 0 Å². The molecule has 0 saturated carbocycles. The number of benzene rings is 1. The molecule has 72 valence electrons. The monoisotopic (exact) mass is 188 g/mol. The molecule has 0 bridgehead atoms. The van der Waals surface area contributed by atoms with Gasteiger partial charge in [0, 0.05) is 19.5 Å². The van der Waals surface area contributed by atoms with Crippen LogP contribution in [0.15, 0.2) is 29.4 Å². The third kappa shape index (κ3) is 1.59. The van der Waals surface area contributed by atoms with E-state index < -0.39 is 0 Å². The lowest BCUT2D eigenvalue weighted by atomic mass is 10.2. The SMILES string of the molecule is CN(C)C=Nc1cccc2cn[nH]c12. The van der Waals surface area contributed by atoms with E-state index in [0.29, 0.717) is 0 Å². The van der Waals surface area contributed by atoms with Crippen molar-refractivity contribution >= 4 is 22.9 Å². The van der Waals surface area contributed by atoms with Crippen LogP contribution in [0.2, 0.25) is 0 Å². The molecule has 2 aromatic rings. The molecule has 0 fully saturated rings. The van der Waals surface area contributed by atoms with Crippen LogP contribution in [0.5, 0.6) is 0 Å². The summed E-state index contributed by atoms with van der Waals surface area (Å²) in [5, 5.41) is 7.99. The molecule has 1 aromatic heterocycles. The topological polar surface area (TPSA) is 44.3 Å². The number of nitrogens with zero attached hydrogens (tertiary/aromatic N) is 3. The van der Waals surface area contributed by atoms with E-state index in [1.54, 1.807) is 12.5 Å². The molecule has 0 aliphatic carbocycles. The maximum atomic E-state index is 4.34. The van der Waals surface area contributed by atoms with Crippen molar-refractivity contribution in [1.82, 2.24) is 15.1 Å². The zero-order chi connectivity index (χ0) is 9.97. The van der Waals surface area contributed by atoms with Crippen LogP contribution in [0.4, 0.5) is 5.69 Å². The van der Waals surface area contributed by atoms with Gasteiger partial charge in [0.05, 0.1) is 23.7 Å². The van der Waals surface area contributed by atoms with Crippen molar-refractivity contribution < 1.29 is 0 Å². The predicted molar refractivity (Wildman–Crippen MR) is 57.9 cm³/mol. The number of aromatic nitrogens is 2. The van der Waals surface area contributed by atoms with Gasteiger partial charge in [-0.2, -0.15) is 5.10 Å². The third-order valence-electron chi connectivity index (χ3n) is 1.88. The van der Waals surface area contributed by atoms with Crippen LogP contribution in [-0.2, 0) is 0 Å². The van der Waals surface area contributed by atoms with Crippen LogP contribution in [0.25, 0.3) is 10.9 Å². The van der Waals surface area contributed by atoms with E-state index in [1.807, 2.05) is 37.2 Å². The van der Waals surface area contributed by atoms with Crippen molar-refractivity contribution in [1.29, 1.82) is 0 Å². The van der Waals surface area contributed by atoms with Crippen LogP contribution in [0.1, 0.15) is 0 Å². The Kier molecular flexibility index (Phi) is 2.18. The Morgan fingerprint density at radius 2 is 2.29 bits per heavy atom. The van der Waals surface area contributed by atoms with Crippen molar-refractivity contribution in [3.8, 4) is 0 Å². The Morgan fingerprint density at radius 1 is 1.43 bits per heavy atom. The number of nitrogens with one attached hydrogen (secondary N) is 1. The smallest absolute Gasteiger partial charge is 0.0908 e. The summed E-state index contributed by atoms with van der Waals surface area (Å²) in [5.41, 5.74) is 1.89. The van der Waals surface area contributed by atoms with Gasteiger partial charge in [0.25, 0.3) is 0 Å². The number of hydrogen-bond donors (Lipinski definition) is 1. The fourth-order valence-electron chi connectivity index (χ4n) is 1.24. The van der Waals surface area contributed by atoms with Crippen LogP contribution >= 0.6 is 0 Å². The summed E-state index contributed by atoms with van der Waals surface area (Å²) in [4.78, 5) is 6.23. The Morgan fingerprint density at radius 3 is 3.07 bits per heavy atom. The average Bonchev–Trinajstić information content (AvgIpc) is 2.62. The zero-order valence-corrected chi connectivity index (χ0v) is 8.23. The van der Waals surface area contributed by atoms with Crippen LogP contribution in [0.3, 0.4) is 0 Å². The van der Waals surface area contributed by atoms with Gasteiger partial charge in [-0.3, -0.25) is 5.10 Å². The molecule has 0 aliphatic rings. The van der Waals surface area contributed by atoms with E-state index in [1.165, 1.54) is 0 Å². The number of aromatic amines is 1. The highest BCUT2D eigenvalue weighted by Gasteiger charge is 1.99. The first-order chi connectivity index (χ1) is 6.77. The van der Waals surface area contributed by atoms with Gasteiger partial charge in [-0.15, -0.1) is 0 Å². The molecular weight excluding hydrogens is 176 g/mol. The second-order valence-corrected chi connectivity index (χ2v) is 3.32. The second-order valence-electron chi connectivity index (χ2n) is 3.32. The molecule has 2 rings (SSSR count). The highest BCUT2D eigenvalue weighted by molar-refractivity contribution is 5.89. The van der Waals surface area contributed by atoms with Gasteiger partial charge in [0.2, 0.25) is 0 Å². The number of fused-ring (bicyclic) bond motifs is 1. The molecule has 0 atom stereocenters. The summed E-state index contributed by atoms with van der Waals surface area (Å²) in [6.07, 6.45) is 3.57. The maximum Gasteiger partial charge on any atom is 0.0908 e. The van der Waals surface area contributed by atoms with E-state index in [2.05, 4.69) is 15.2 Å². The van der Waals surface area contributed by atoms with E-state index in [4.69, 9.17) is 0 Å². The third-order valence-corrected chi connectivity index (χ3v) is 1.88. The highest BCUT2D eigenvalue weighted by atomic mass is 15.1. The van der Waals surface area contributed by atoms with Crippen molar-refractivity contribution in [2.75, 3.05) is 14.1 Å². The van der Waals surface area contributed by atoms with Crippen molar-refractivity contribution in [3.05, 3.63) is 24.4 Å². The first-order valence-corrected chi connectivity index (χ1v) is 4.40. The fourth-order valence-corrected chi connectivity index (χ4v) is 1.24. The predicted octanol–water partition coefficient (Wildman–Crippen LogP) is 1.78. The molecule has 4 heteroatoms. The molecular formula is C10H12N4. The normalized spacial score (nSPS) is 11.3. The molecule has 0 spiro atoms. The number of para-hydroxylation sites is 1. The Labute approximate surface area is 82.3 Å². The number of hydrogen-bond acceptors (Lipinski definition) is 2. The maximum absolute atomic E-state index is 4.34. The standard InChI is InChI=1S/C10H12N4/c1-14(2)7-11-9-5-3-4-8-6-12-13-10(8)9/h3-7H,1-2H3,(H,12,13). The lowest BCUT2D eigenvalue weighted by Crippen LogP contribution is -2.06. The van der Waals surface area contributed by atoms with Gasteiger partial charge < -0.3 is 4.90 Å². The van der Waals surface area contributed by atoms with E-state index in [0.717, 1.165) is 16.6 Å². The summed E-state index contributed by atoms with van der Waals surface area (Å²) in [5.74, 6) is 0. The van der Waals surface area contributed by atoms with Gasteiger partial charge in [0.15, 0.2) is 0 Å². The van der Waals surface area contributed by atoms with E-state index in [9.17, 15) is 0 Å². The van der Waals surface area contributed by atoms with Crippen molar-refractivity contribution in [2.24, 2.45) is 4.99 Å². The lowest BCUT2D eigenvalue weighted by Gasteiger charge is -2.02. The molecule has 1 heterocycles. The van der Waals surface area contributed by atoms with Gasteiger partial charge in [-0.25, -0.2) is 4.99 Å². The first-order valence-electron chi connectivity index (χ1n) is 4.40. The quantitative estimate of drug-likeness (QED) is 0.576. The molecule has 0 saturated heterocycles. The number of aliphatic imine (C=N–C) groups is 1. The summed E-state index contributed by atoms with van der Waals surface area (Å²) >= 11 is 0. The number of H-pyrrole nitrogens is 1. The molecule has 0 unspecified atom stereocenters. The molecule has 4 nitrogen and oxygen atoms in total. The van der Waals surface area contributed by atoms with E-state index in [-0.39, 0.29) is 0 Å². The fraction of sp³-hybridized carbons (Fsp3) is 0.200. The summed E-state index contributed by atoms with van der Waals surface area (Å²) < 4.78 is 0. The molecule has 0 amide bonds. The van der Waals surface area contributed by atoms with E-state index >= 15 is 0 Å². The zero-order valence-electron chi connectivity index (χ0n) is 8.23. The highest BCUT2D eigenvalue weighted by Crippen LogP contribution is 2.22. The Bertz CT molecular complexity index is 456.